The molecule has 1 rings (SSSR count). The summed E-state index contributed by atoms with van der Waals surface area (Å²) >= 11 is 1.63. The van der Waals surface area contributed by atoms with Crippen LogP contribution >= 0.6 is 11.8 Å². The van der Waals surface area contributed by atoms with Gasteiger partial charge in [-0.15, -0.1) is 0 Å². The van der Waals surface area contributed by atoms with Gasteiger partial charge < -0.3 is 4.90 Å². The highest BCUT2D eigenvalue weighted by Gasteiger charge is 2.33. The number of hydrogen-bond acceptors (Lipinski definition) is 4. The maximum atomic E-state index is 12.1. The standard InChI is InChI=1S/C12H23NO3S2/c1-4-13(11-5-6-18(15,16)9-11)12(14)8-17-7-10(2)3/h10-11H,4-9H2,1-3H3. The number of sulfone groups is 1. The lowest BCUT2D eigenvalue weighted by Gasteiger charge is -2.26. The van der Waals surface area contributed by atoms with Gasteiger partial charge in [0, 0.05) is 12.6 Å². The Morgan fingerprint density at radius 3 is 2.56 bits per heavy atom. The second kappa shape index (κ2) is 6.80. The van der Waals surface area contributed by atoms with Gasteiger partial charge in [0.15, 0.2) is 9.84 Å². The van der Waals surface area contributed by atoms with Crippen molar-refractivity contribution in [3.63, 3.8) is 0 Å². The third-order valence-electron chi connectivity index (χ3n) is 2.99. The molecule has 0 aromatic heterocycles. The molecule has 0 spiro atoms. The number of amides is 1. The lowest BCUT2D eigenvalue weighted by molar-refractivity contribution is -0.129. The maximum Gasteiger partial charge on any atom is 0.232 e. The molecule has 1 amide bonds. The van der Waals surface area contributed by atoms with E-state index in [1.807, 2.05) is 6.92 Å². The summed E-state index contributed by atoms with van der Waals surface area (Å²) in [6, 6.07) is -0.104. The fraction of sp³-hybridized carbons (Fsp3) is 0.917. The largest absolute Gasteiger partial charge is 0.338 e. The van der Waals surface area contributed by atoms with E-state index in [0.29, 0.717) is 24.6 Å². The van der Waals surface area contributed by atoms with Crippen LogP contribution in [0.15, 0.2) is 0 Å². The van der Waals surface area contributed by atoms with Crippen molar-refractivity contribution in [2.24, 2.45) is 5.92 Å². The van der Waals surface area contributed by atoms with E-state index >= 15 is 0 Å². The Morgan fingerprint density at radius 1 is 1.44 bits per heavy atom. The van der Waals surface area contributed by atoms with Crippen molar-refractivity contribution >= 4 is 27.5 Å². The van der Waals surface area contributed by atoms with Gasteiger partial charge in [-0.05, 0) is 25.0 Å². The minimum Gasteiger partial charge on any atom is -0.338 e. The van der Waals surface area contributed by atoms with E-state index in [4.69, 9.17) is 0 Å². The molecule has 6 heteroatoms. The smallest absolute Gasteiger partial charge is 0.232 e. The Bertz CT molecular complexity index is 379. The summed E-state index contributed by atoms with van der Waals surface area (Å²) in [7, 11) is -2.92. The molecule has 0 N–H and O–H groups in total. The van der Waals surface area contributed by atoms with Gasteiger partial charge in [-0.25, -0.2) is 8.42 Å². The van der Waals surface area contributed by atoms with Gasteiger partial charge in [0.2, 0.25) is 5.91 Å². The summed E-state index contributed by atoms with van der Waals surface area (Å²) < 4.78 is 22.9. The molecule has 1 atom stereocenters. The fourth-order valence-corrected chi connectivity index (χ4v) is 4.78. The second-order valence-electron chi connectivity index (χ2n) is 5.15. The Kier molecular flexibility index (Phi) is 5.98. The summed E-state index contributed by atoms with van der Waals surface area (Å²) in [5.41, 5.74) is 0. The molecule has 0 aromatic carbocycles. The summed E-state index contributed by atoms with van der Waals surface area (Å²) in [4.78, 5) is 13.8. The van der Waals surface area contributed by atoms with E-state index in [1.54, 1.807) is 16.7 Å². The molecular weight excluding hydrogens is 270 g/mol. The lowest BCUT2D eigenvalue weighted by Crippen LogP contribution is -2.42. The molecule has 0 aromatic rings. The molecule has 0 aliphatic carbocycles. The number of rotatable bonds is 6. The van der Waals surface area contributed by atoms with E-state index in [1.165, 1.54) is 0 Å². The van der Waals surface area contributed by atoms with Crippen LogP contribution in [0.5, 0.6) is 0 Å². The molecule has 4 nitrogen and oxygen atoms in total. The first-order valence-corrected chi connectivity index (χ1v) is 9.41. The number of nitrogens with zero attached hydrogens (tertiary/aromatic N) is 1. The van der Waals surface area contributed by atoms with Crippen LogP contribution in [0.2, 0.25) is 0 Å². The minimum absolute atomic E-state index is 0.0743. The average molecular weight is 293 g/mol. The van der Waals surface area contributed by atoms with Crippen LogP contribution in [0.25, 0.3) is 0 Å². The zero-order valence-corrected chi connectivity index (χ0v) is 13.0. The molecule has 1 aliphatic rings. The van der Waals surface area contributed by atoms with Gasteiger partial charge in [0.25, 0.3) is 0 Å². The van der Waals surface area contributed by atoms with Crippen molar-refractivity contribution in [1.82, 2.24) is 4.90 Å². The molecule has 1 unspecified atom stereocenters. The van der Waals surface area contributed by atoms with Crippen molar-refractivity contribution in [2.45, 2.75) is 33.2 Å². The molecule has 1 fully saturated rings. The molecule has 0 saturated carbocycles. The Labute approximate surface area is 114 Å². The highest BCUT2D eigenvalue weighted by molar-refractivity contribution is 7.99. The lowest BCUT2D eigenvalue weighted by atomic mass is 10.2. The molecule has 106 valence electrons. The Morgan fingerprint density at radius 2 is 2.11 bits per heavy atom. The first-order valence-electron chi connectivity index (χ1n) is 6.43. The molecular formula is C12H23NO3S2. The van der Waals surface area contributed by atoms with Gasteiger partial charge in [-0.1, -0.05) is 13.8 Å². The molecule has 1 saturated heterocycles. The predicted octanol–water partition coefficient (Wildman–Crippen LogP) is 1.41. The highest BCUT2D eigenvalue weighted by Crippen LogP contribution is 2.19. The van der Waals surface area contributed by atoms with Gasteiger partial charge >= 0.3 is 0 Å². The number of carbonyl (C=O) groups excluding carboxylic acids is 1. The van der Waals surface area contributed by atoms with Crippen LogP contribution in [-0.2, 0) is 14.6 Å². The van der Waals surface area contributed by atoms with Crippen LogP contribution in [0.4, 0.5) is 0 Å². The first-order chi connectivity index (χ1) is 8.35. The zero-order valence-electron chi connectivity index (χ0n) is 11.4. The van der Waals surface area contributed by atoms with Gasteiger partial charge in [0.1, 0.15) is 0 Å². The van der Waals surface area contributed by atoms with E-state index in [0.717, 1.165) is 5.75 Å². The summed E-state index contributed by atoms with van der Waals surface area (Å²) in [5.74, 6) is 2.44. The second-order valence-corrected chi connectivity index (χ2v) is 8.40. The van der Waals surface area contributed by atoms with Crippen LogP contribution in [0.3, 0.4) is 0 Å². The summed E-state index contributed by atoms with van der Waals surface area (Å²) in [5, 5.41) is 0. The highest BCUT2D eigenvalue weighted by atomic mass is 32.2. The summed E-state index contributed by atoms with van der Waals surface area (Å²) in [6.07, 6.45) is 0.594. The first kappa shape index (κ1) is 15.8. The predicted molar refractivity (Wildman–Crippen MR) is 76.6 cm³/mol. The quantitative estimate of drug-likeness (QED) is 0.743. The van der Waals surface area contributed by atoms with E-state index in [2.05, 4.69) is 13.8 Å². The van der Waals surface area contributed by atoms with Gasteiger partial charge in [0.05, 0.1) is 17.3 Å². The van der Waals surface area contributed by atoms with E-state index in [-0.39, 0.29) is 23.5 Å². The normalized spacial score (nSPS) is 22.3. The number of thioether (sulfide) groups is 1. The van der Waals surface area contributed by atoms with Crippen molar-refractivity contribution in [3.05, 3.63) is 0 Å². The maximum absolute atomic E-state index is 12.1. The van der Waals surface area contributed by atoms with Crippen molar-refractivity contribution in [2.75, 3.05) is 29.6 Å². The number of hydrogen-bond donors (Lipinski definition) is 0. The molecule has 1 aliphatic heterocycles. The van der Waals surface area contributed by atoms with Gasteiger partial charge in [-0.2, -0.15) is 11.8 Å². The topological polar surface area (TPSA) is 54.5 Å². The van der Waals surface area contributed by atoms with Crippen LogP contribution in [0, 0.1) is 5.92 Å². The SMILES string of the molecule is CCN(C(=O)CSCC(C)C)C1CCS(=O)(=O)C1. The van der Waals surface area contributed by atoms with E-state index in [9.17, 15) is 13.2 Å². The molecule has 0 radical (unpaired) electrons. The van der Waals surface area contributed by atoms with Crippen molar-refractivity contribution < 1.29 is 13.2 Å². The van der Waals surface area contributed by atoms with Gasteiger partial charge in [-0.3, -0.25) is 4.79 Å². The third-order valence-corrected chi connectivity index (χ3v) is 6.09. The molecule has 1 heterocycles. The number of carbonyl (C=O) groups is 1. The molecule has 18 heavy (non-hydrogen) atoms. The Hall–Kier alpha value is -0.230. The Balaban J connectivity index is 2.48. The third kappa shape index (κ3) is 4.80. The average Bonchev–Trinajstić information content (AvgIpc) is 2.59. The van der Waals surface area contributed by atoms with Crippen molar-refractivity contribution in [3.8, 4) is 0 Å². The molecule has 0 bridgehead atoms. The fourth-order valence-electron chi connectivity index (χ4n) is 2.12. The zero-order chi connectivity index (χ0) is 13.8. The summed E-state index contributed by atoms with van der Waals surface area (Å²) in [6.45, 7) is 6.76. The minimum atomic E-state index is -2.92. The monoisotopic (exact) mass is 293 g/mol. The van der Waals surface area contributed by atoms with E-state index < -0.39 is 9.84 Å². The van der Waals surface area contributed by atoms with Crippen molar-refractivity contribution in [1.29, 1.82) is 0 Å². The van der Waals surface area contributed by atoms with Crippen LogP contribution in [-0.4, -0.2) is 54.8 Å². The van der Waals surface area contributed by atoms with Crippen LogP contribution in [0.1, 0.15) is 27.2 Å². The van der Waals surface area contributed by atoms with Crippen LogP contribution < -0.4 is 0 Å².